The zero-order valence-electron chi connectivity index (χ0n) is 13.5. The fraction of sp³-hybridized carbons (Fsp3) is 0.643. The molecule has 1 rings (SSSR count). The van der Waals surface area contributed by atoms with Gasteiger partial charge in [0.25, 0.3) is 0 Å². The summed E-state index contributed by atoms with van der Waals surface area (Å²) in [6.07, 6.45) is 0.294. The number of aliphatic hydroxyl groups excluding tert-OH is 1. The number of aliphatic hydroxyl groups is 1. The molecular formula is C14H23NO7S. The van der Waals surface area contributed by atoms with E-state index in [-0.39, 0.29) is 18.4 Å². The molecule has 0 bridgehead atoms. The number of carbonyl (C=O) groups is 1. The average Bonchev–Trinajstić information content (AvgIpc) is 2.87. The third kappa shape index (κ3) is 8.12. The molecule has 0 radical (unpaired) electrons. The largest absolute Gasteiger partial charge is 0.748 e. The van der Waals surface area contributed by atoms with Gasteiger partial charge in [-0.3, -0.25) is 0 Å². The highest BCUT2D eigenvalue weighted by molar-refractivity contribution is 7.85. The monoisotopic (exact) mass is 349 g/mol. The molecule has 1 aromatic heterocycles. The summed E-state index contributed by atoms with van der Waals surface area (Å²) in [5.41, 5.74) is 0. The van der Waals surface area contributed by atoms with Gasteiger partial charge in [0.1, 0.15) is 18.8 Å². The molecule has 0 aromatic carbocycles. The van der Waals surface area contributed by atoms with Gasteiger partial charge in [0, 0.05) is 6.42 Å². The Bertz CT molecular complexity index is 595. The second-order valence-corrected chi connectivity index (χ2v) is 7.65. The van der Waals surface area contributed by atoms with Crippen molar-refractivity contribution in [3.05, 3.63) is 24.2 Å². The van der Waals surface area contributed by atoms with Crippen molar-refractivity contribution in [2.75, 3.05) is 32.9 Å². The number of hydrogen-bond donors (Lipinski definition) is 1. The fourth-order valence-electron chi connectivity index (χ4n) is 2.18. The van der Waals surface area contributed by atoms with E-state index in [1.807, 2.05) is 0 Å². The van der Waals surface area contributed by atoms with Crippen LogP contribution >= 0.6 is 0 Å². The van der Waals surface area contributed by atoms with Crippen molar-refractivity contribution in [2.45, 2.75) is 25.6 Å². The molecule has 1 aromatic rings. The van der Waals surface area contributed by atoms with Crippen molar-refractivity contribution in [3.63, 3.8) is 0 Å². The van der Waals surface area contributed by atoms with Crippen LogP contribution in [-0.2, 0) is 14.9 Å². The number of esters is 1. The highest BCUT2D eigenvalue weighted by Gasteiger charge is 2.24. The Kier molecular flexibility index (Phi) is 6.75. The predicted octanol–water partition coefficient (Wildman–Crippen LogP) is 0.198. The molecule has 0 saturated carbocycles. The first-order valence-corrected chi connectivity index (χ1v) is 8.74. The molecule has 9 heteroatoms. The number of likely N-dealkylation sites (N-methyl/N-ethyl adjacent to an activating group) is 1. The third-order valence-corrected chi connectivity index (χ3v) is 4.07. The number of carbonyl (C=O) groups excluding carboxylic acids is 1. The van der Waals surface area contributed by atoms with Crippen LogP contribution in [0.15, 0.2) is 22.8 Å². The SMILES string of the molecule is CC(CC[N+](C)(C)CC(O)CS(=O)(=O)[O-])OC(=O)c1ccco1. The van der Waals surface area contributed by atoms with E-state index in [2.05, 4.69) is 0 Å². The zero-order valence-corrected chi connectivity index (χ0v) is 14.3. The topological polar surface area (TPSA) is 117 Å². The molecule has 1 N–H and O–H groups in total. The molecule has 0 fully saturated rings. The first-order chi connectivity index (χ1) is 10.5. The van der Waals surface area contributed by atoms with Crippen LogP contribution in [-0.4, -0.2) is 73.7 Å². The van der Waals surface area contributed by atoms with E-state index in [9.17, 15) is 22.9 Å². The van der Waals surface area contributed by atoms with Crippen LogP contribution in [0.1, 0.15) is 23.9 Å². The van der Waals surface area contributed by atoms with Crippen LogP contribution < -0.4 is 0 Å². The number of nitrogens with zero attached hydrogens (tertiary/aromatic N) is 1. The van der Waals surface area contributed by atoms with Crippen molar-refractivity contribution in [2.24, 2.45) is 0 Å². The number of rotatable bonds is 9. The van der Waals surface area contributed by atoms with Gasteiger partial charge in [0.05, 0.1) is 42.8 Å². The maximum Gasteiger partial charge on any atom is 0.374 e. The Labute approximate surface area is 136 Å². The Hall–Kier alpha value is -1.42. The quantitative estimate of drug-likeness (QED) is 0.384. The Morgan fingerprint density at radius 1 is 1.48 bits per heavy atom. The second-order valence-electron chi connectivity index (χ2n) is 6.20. The number of hydrogen-bond acceptors (Lipinski definition) is 7. The highest BCUT2D eigenvalue weighted by Crippen LogP contribution is 2.10. The van der Waals surface area contributed by atoms with Gasteiger partial charge in [-0.05, 0) is 19.1 Å². The summed E-state index contributed by atoms with van der Waals surface area (Å²) in [4.78, 5) is 11.7. The standard InChI is InChI=1S/C14H23NO7S/c1-11(22-14(17)13-5-4-8-21-13)6-7-15(2,3)9-12(16)10-23(18,19)20/h4-5,8,11-12,16H,6-7,9-10H2,1-3H3. The first-order valence-electron chi connectivity index (χ1n) is 7.16. The lowest BCUT2D eigenvalue weighted by Crippen LogP contribution is -2.48. The van der Waals surface area contributed by atoms with Gasteiger partial charge in [-0.1, -0.05) is 0 Å². The zero-order chi connectivity index (χ0) is 17.7. The van der Waals surface area contributed by atoms with Crippen molar-refractivity contribution >= 4 is 16.1 Å². The van der Waals surface area contributed by atoms with E-state index in [0.717, 1.165) is 0 Å². The maximum absolute atomic E-state index is 11.7. The van der Waals surface area contributed by atoms with E-state index in [4.69, 9.17) is 9.15 Å². The summed E-state index contributed by atoms with van der Waals surface area (Å²) < 4.78 is 42.4. The van der Waals surface area contributed by atoms with Gasteiger partial charge in [-0.25, -0.2) is 13.2 Å². The molecule has 0 amide bonds. The number of ether oxygens (including phenoxy) is 1. The van der Waals surface area contributed by atoms with E-state index in [1.54, 1.807) is 27.1 Å². The molecule has 23 heavy (non-hydrogen) atoms. The van der Waals surface area contributed by atoms with Crippen LogP contribution in [0, 0.1) is 0 Å². The fourth-order valence-corrected chi connectivity index (χ4v) is 2.75. The van der Waals surface area contributed by atoms with Crippen LogP contribution in [0.3, 0.4) is 0 Å². The Balaban J connectivity index is 2.41. The lowest BCUT2D eigenvalue weighted by atomic mass is 10.2. The number of quaternary nitrogens is 1. The molecule has 2 atom stereocenters. The van der Waals surface area contributed by atoms with Crippen LogP contribution in [0.5, 0.6) is 0 Å². The summed E-state index contributed by atoms with van der Waals surface area (Å²) in [7, 11) is -0.871. The van der Waals surface area contributed by atoms with E-state index in [1.165, 1.54) is 12.3 Å². The van der Waals surface area contributed by atoms with Gasteiger partial charge < -0.3 is 23.3 Å². The average molecular weight is 349 g/mol. The second kappa shape index (κ2) is 7.91. The van der Waals surface area contributed by atoms with Gasteiger partial charge >= 0.3 is 5.97 Å². The minimum Gasteiger partial charge on any atom is -0.748 e. The van der Waals surface area contributed by atoms with E-state index in [0.29, 0.717) is 17.4 Å². The molecule has 0 saturated heterocycles. The molecule has 8 nitrogen and oxygen atoms in total. The summed E-state index contributed by atoms with van der Waals surface area (Å²) in [5.74, 6) is -1.23. The van der Waals surface area contributed by atoms with E-state index < -0.39 is 27.9 Å². The summed E-state index contributed by atoms with van der Waals surface area (Å²) in [5, 5.41) is 9.66. The van der Waals surface area contributed by atoms with Gasteiger partial charge in [-0.15, -0.1) is 0 Å². The van der Waals surface area contributed by atoms with Crippen molar-refractivity contribution in [3.8, 4) is 0 Å². The molecule has 2 unspecified atom stereocenters. The molecule has 0 aliphatic rings. The minimum atomic E-state index is -4.46. The summed E-state index contributed by atoms with van der Waals surface area (Å²) in [6.45, 7) is 2.38. The van der Waals surface area contributed by atoms with Gasteiger partial charge in [0.15, 0.2) is 0 Å². The lowest BCUT2D eigenvalue weighted by Gasteiger charge is -2.32. The van der Waals surface area contributed by atoms with Crippen LogP contribution in [0.4, 0.5) is 0 Å². The third-order valence-electron chi connectivity index (χ3n) is 3.27. The van der Waals surface area contributed by atoms with Crippen LogP contribution in [0.25, 0.3) is 0 Å². The molecule has 0 spiro atoms. The molecular weight excluding hydrogens is 326 g/mol. The summed E-state index contributed by atoms with van der Waals surface area (Å²) >= 11 is 0. The molecule has 1 heterocycles. The Morgan fingerprint density at radius 3 is 2.65 bits per heavy atom. The van der Waals surface area contributed by atoms with E-state index >= 15 is 0 Å². The lowest BCUT2D eigenvalue weighted by molar-refractivity contribution is -0.893. The maximum atomic E-state index is 11.7. The molecule has 132 valence electrons. The minimum absolute atomic E-state index is 0.111. The van der Waals surface area contributed by atoms with Crippen LogP contribution in [0.2, 0.25) is 0 Å². The Morgan fingerprint density at radius 2 is 2.13 bits per heavy atom. The van der Waals surface area contributed by atoms with Gasteiger partial charge in [0.2, 0.25) is 5.76 Å². The first kappa shape index (κ1) is 19.6. The van der Waals surface area contributed by atoms with Crippen molar-refractivity contribution in [1.29, 1.82) is 0 Å². The van der Waals surface area contributed by atoms with Crippen molar-refractivity contribution < 1.29 is 36.5 Å². The normalized spacial score (nSPS) is 15.2. The summed E-state index contributed by atoms with van der Waals surface area (Å²) in [6, 6.07) is 3.10. The highest BCUT2D eigenvalue weighted by atomic mass is 32.2. The molecule has 0 aliphatic carbocycles. The predicted molar refractivity (Wildman–Crippen MR) is 80.6 cm³/mol. The number of furan rings is 1. The van der Waals surface area contributed by atoms with Gasteiger partial charge in [-0.2, -0.15) is 0 Å². The molecule has 0 aliphatic heterocycles. The van der Waals surface area contributed by atoms with Crippen molar-refractivity contribution in [1.82, 2.24) is 0 Å². The smallest absolute Gasteiger partial charge is 0.374 e.